The molecule has 0 aliphatic carbocycles. The largest absolute Gasteiger partial charge is 0.454 e. The molecule has 1 heterocycles. The maximum Gasteiger partial charge on any atom is 0.303 e. The maximum absolute atomic E-state index is 10.6. The Labute approximate surface area is 82.0 Å². The van der Waals surface area contributed by atoms with Crippen LogP contribution in [-0.4, -0.2) is 16.1 Å². The normalized spacial score (nSPS) is 9.93. The molecule has 1 N–H and O–H groups in total. The van der Waals surface area contributed by atoms with Gasteiger partial charge in [-0.3, -0.25) is 4.79 Å². The molecule has 0 saturated heterocycles. The van der Waals surface area contributed by atoms with Crippen molar-refractivity contribution in [3.63, 3.8) is 0 Å². The van der Waals surface area contributed by atoms with Crippen molar-refractivity contribution in [2.24, 2.45) is 7.05 Å². The molecule has 0 amide bonds. The number of nitrogens with zero attached hydrogens (tertiary/aromatic N) is 2. The number of hydrogen-bond donors (Lipinski definition) is 1. The van der Waals surface area contributed by atoms with E-state index in [0.29, 0.717) is 5.69 Å². The lowest BCUT2D eigenvalue weighted by molar-refractivity contribution is -0.682. The molecule has 1 aromatic heterocycles. The Kier molecular flexibility index (Phi) is 3.53. The number of carbonyl (C=O) groups is 1. The van der Waals surface area contributed by atoms with E-state index in [1.165, 1.54) is 6.92 Å². The summed E-state index contributed by atoms with van der Waals surface area (Å²) in [6, 6.07) is 0. The van der Waals surface area contributed by atoms with Gasteiger partial charge in [-0.25, -0.2) is 4.98 Å². The van der Waals surface area contributed by atoms with Gasteiger partial charge in [0.05, 0.1) is 12.8 Å². The minimum absolute atomic E-state index is 0.0956. The Morgan fingerprint density at radius 1 is 1.71 bits per heavy atom. The van der Waals surface area contributed by atoms with Crippen molar-refractivity contribution in [3.05, 3.63) is 23.8 Å². The molecule has 0 saturated carbocycles. The summed E-state index contributed by atoms with van der Waals surface area (Å²) in [6.07, 6.45) is 3.27. The van der Waals surface area contributed by atoms with E-state index >= 15 is 0 Å². The monoisotopic (exact) mass is 197 g/mol. The molecule has 5 nitrogen and oxygen atoms in total. The number of aromatic nitrogens is 2. The quantitative estimate of drug-likeness (QED) is 0.522. The Morgan fingerprint density at radius 3 is 2.93 bits per heavy atom. The van der Waals surface area contributed by atoms with E-state index in [1.807, 2.05) is 0 Å². The first-order chi connectivity index (χ1) is 6.63. The number of aliphatic hydroxyl groups excluding tert-OH is 1. The highest BCUT2D eigenvalue weighted by Crippen LogP contribution is 1.95. The van der Waals surface area contributed by atoms with Crippen LogP contribution in [0.3, 0.4) is 0 Å². The smallest absolute Gasteiger partial charge is 0.303 e. The summed E-state index contributed by atoms with van der Waals surface area (Å²) in [5, 5.41) is 8.81. The van der Waals surface area contributed by atoms with Crippen LogP contribution in [0.15, 0.2) is 12.4 Å². The van der Waals surface area contributed by atoms with Gasteiger partial charge in [-0.1, -0.05) is 0 Å². The van der Waals surface area contributed by atoms with E-state index < -0.39 is 0 Å². The van der Waals surface area contributed by atoms with Gasteiger partial charge in [0.25, 0.3) is 0 Å². The van der Waals surface area contributed by atoms with Crippen molar-refractivity contribution in [2.45, 2.75) is 20.1 Å². The van der Waals surface area contributed by atoms with Gasteiger partial charge in [-0.2, -0.15) is 4.57 Å². The topological polar surface area (TPSA) is 63.3 Å². The number of aliphatic hydroxyl groups is 1. The van der Waals surface area contributed by atoms with E-state index in [1.54, 1.807) is 24.0 Å². The molecular formula is C9H13N2O3+. The summed E-state index contributed by atoms with van der Waals surface area (Å²) in [5.41, 5.74) is 1.36. The average Bonchev–Trinajstić information content (AvgIpc) is 2.15. The molecule has 76 valence electrons. The third kappa shape index (κ3) is 2.77. The summed E-state index contributed by atoms with van der Waals surface area (Å²) in [5.74, 6) is -0.323. The molecule has 5 heteroatoms. The van der Waals surface area contributed by atoms with Gasteiger partial charge in [0, 0.05) is 6.92 Å². The zero-order valence-electron chi connectivity index (χ0n) is 8.23. The van der Waals surface area contributed by atoms with Gasteiger partial charge in [0.15, 0.2) is 12.8 Å². The summed E-state index contributed by atoms with van der Waals surface area (Å²) in [4.78, 5) is 14.5. The minimum atomic E-state index is -0.323. The molecule has 0 unspecified atom stereocenters. The highest BCUT2D eigenvalue weighted by atomic mass is 16.5. The first-order valence-corrected chi connectivity index (χ1v) is 4.21. The molecule has 0 radical (unpaired) electrons. The molecule has 0 fully saturated rings. The molecule has 0 spiro atoms. The standard InChI is InChI=1S/C9H13N2O3/c1-7(13)14-6-9-3-10-8(5-12)4-11(9)2/h3-4,12H,5-6H2,1-2H3/q+1. The van der Waals surface area contributed by atoms with Gasteiger partial charge in [0.2, 0.25) is 5.69 Å². The second kappa shape index (κ2) is 4.66. The molecule has 0 bridgehead atoms. The van der Waals surface area contributed by atoms with Gasteiger partial charge in [-0.15, -0.1) is 0 Å². The van der Waals surface area contributed by atoms with Crippen LogP contribution >= 0.6 is 0 Å². The van der Waals surface area contributed by atoms with Gasteiger partial charge in [0.1, 0.15) is 12.7 Å². The summed E-state index contributed by atoms with van der Waals surface area (Å²) < 4.78 is 6.59. The molecule has 0 aromatic carbocycles. The Bertz CT molecular complexity index is 339. The van der Waals surface area contributed by atoms with Crippen molar-refractivity contribution in [3.8, 4) is 0 Å². The highest BCUT2D eigenvalue weighted by molar-refractivity contribution is 5.65. The van der Waals surface area contributed by atoms with Crippen molar-refractivity contribution >= 4 is 5.97 Å². The fourth-order valence-electron chi connectivity index (χ4n) is 0.985. The average molecular weight is 197 g/mol. The van der Waals surface area contributed by atoms with E-state index in [9.17, 15) is 4.79 Å². The number of rotatable bonds is 3. The lowest BCUT2D eigenvalue weighted by atomic mass is 10.4. The third-order valence-corrected chi connectivity index (χ3v) is 1.76. The Balaban J connectivity index is 2.73. The van der Waals surface area contributed by atoms with Crippen molar-refractivity contribution < 1.29 is 19.2 Å². The number of esters is 1. The SMILES string of the molecule is CC(=O)OCc1cnc(CO)c[n+]1C. The maximum atomic E-state index is 10.6. The Morgan fingerprint density at radius 2 is 2.43 bits per heavy atom. The van der Waals surface area contributed by atoms with Gasteiger partial charge < -0.3 is 9.84 Å². The molecular weight excluding hydrogens is 184 g/mol. The Hall–Kier alpha value is -1.49. The highest BCUT2D eigenvalue weighted by Gasteiger charge is 2.09. The lowest BCUT2D eigenvalue weighted by Crippen LogP contribution is -2.35. The third-order valence-electron chi connectivity index (χ3n) is 1.76. The van der Waals surface area contributed by atoms with Crippen LogP contribution in [0.4, 0.5) is 0 Å². The lowest BCUT2D eigenvalue weighted by Gasteiger charge is -2.01. The van der Waals surface area contributed by atoms with Crippen molar-refractivity contribution in [1.29, 1.82) is 0 Å². The molecule has 1 aromatic rings. The van der Waals surface area contributed by atoms with E-state index in [0.717, 1.165) is 5.69 Å². The molecule has 1 rings (SSSR count). The first-order valence-electron chi connectivity index (χ1n) is 4.21. The number of carbonyl (C=O) groups excluding carboxylic acids is 1. The van der Waals surface area contributed by atoms with Crippen LogP contribution in [0.1, 0.15) is 18.3 Å². The summed E-state index contributed by atoms with van der Waals surface area (Å²) in [6.45, 7) is 1.46. The van der Waals surface area contributed by atoms with E-state index in [2.05, 4.69) is 4.98 Å². The van der Waals surface area contributed by atoms with Crippen LogP contribution in [-0.2, 0) is 29.8 Å². The van der Waals surface area contributed by atoms with Crippen LogP contribution in [0.2, 0.25) is 0 Å². The van der Waals surface area contributed by atoms with Gasteiger partial charge >= 0.3 is 5.97 Å². The number of hydrogen-bond acceptors (Lipinski definition) is 4. The molecule has 0 atom stereocenters. The van der Waals surface area contributed by atoms with Crippen LogP contribution in [0.25, 0.3) is 0 Å². The fraction of sp³-hybridized carbons (Fsp3) is 0.444. The van der Waals surface area contributed by atoms with E-state index in [-0.39, 0.29) is 19.2 Å². The number of ether oxygens (including phenoxy) is 1. The zero-order chi connectivity index (χ0) is 10.6. The van der Waals surface area contributed by atoms with Crippen molar-refractivity contribution in [1.82, 2.24) is 4.98 Å². The molecule has 0 aliphatic rings. The fourth-order valence-corrected chi connectivity index (χ4v) is 0.985. The molecule has 0 aliphatic heterocycles. The predicted octanol–water partition coefficient (Wildman–Crippen LogP) is -0.538. The van der Waals surface area contributed by atoms with Crippen LogP contribution in [0, 0.1) is 0 Å². The van der Waals surface area contributed by atoms with Crippen LogP contribution < -0.4 is 4.57 Å². The zero-order valence-corrected chi connectivity index (χ0v) is 8.23. The van der Waals surface area contributed by atoms with Crippen molar-refractivity contribution in [2.75, 3.05) is 0 Å². The molecule has 14 heavy (non-hydrogen) atoms. The summed E-state index contributed by atoms with van der Waals surface area (Å²) in [7, 11) is 1.81. The minimum Gasteiger partial charge on any atom is -0.454 e. The van der Waals surface area contributed by atoms with Crippen LogP contribution in [0.5, 0.6) is 0 Å². The predicted molar refractivity (Wildman–Crippen MR) is 46.8 cm³/mol. The number of aryl methyl sites for hydroxylation is 1. The first kappa shape index (κ1) is 10.6. The van der Waals surface area contributed by atoms with Gasteiger partial charge in [-0.05, 0) is 0 Å². The summed E-state index contributed by atoms with van der Waals surface area (Å²) >= 11 is 0. The second-order valence-electron chi connectivity index (χ2n) is 2.92. The van der Waals surface area contributed by atoms with E-state index in [4.69, 9.17) is 9.84 Å². The second-order valence-corrected chi connectivity index (χ2v) is 2.92.